The molecule has 1 aliphatic rings. The topological polar surface area (TPSA) is 78.9 Å². The van der Waals surface area contributed by atoms with E-state index in [4.69, 9.17) is 9.84 Å². The highest BCUT2D eigenvalue weighted by Crippen LogP contribution is 2.19. The summed E-state index contributed by atoms with van der Waals surface area (Å²) >= 11 is 1.60. The van der Waals surface area contributed by atoms with Crippen molar-refractivity contribution in [2.45, 2.75) is 31.6 Å². The van der Waals surface area contributed by atoms with Crippen LogP contribution in [0.25, 0.3) is 0 Å². The van der Waals surface area contributed by atoms with Gasteiger partial charge in [0, 0.05) is 18.5 Å². The minimum absolute atomic E-state index is 0.180. The molecule has 1 fully saturated rings. The number of rotatable bonds is 5. The van der Waals surface area contributed by atoms with Crippen LogP contribution in [0.1, 0.15) is 17.7 Å². The number of hydrogen-bond acceptors (Lipinski definition) is 4. The van der Waals surface area contributed by atoms with Crippen LogP contribution in [0.4, 0.5) is 4.79 Å². The van der Waals surface area contributed by atoms with E-state index >= 15 is 0 Å². The van der Waals surface area contributed by atoms with Gasteiger partial charge in [0.25, 0.3) is 0 Å². The molecule has 6 nitrogen and oxygen atoms in total. The van der Waals surface area contributed by atoms with Gasteiger partial charge < -0.3 is 20.1 Å². The first-order chi connectivity index (χ1) is 9.56. The van der Waals surface area contributed by atoms with Gasteiger partial charge in [-0.2, -0.15) is 0 Å². The van der Waals surface area contributed by atoms with Gasteiger partial charge in [0.2, 0.25) is 0 Å². The van der Waals surface area contributed by atoms with E-state index in [-0.39, 0.29) is 12.1 Å². The standard InChI is InChI=1S/C13H18N2O4S/c1-15(8-10-3-2-6-20-10)13(18)14-7-9-4-5-11(19-9)12(16)17/h2-3,6,9,11H,4-5,7-8H2,1H3,(H,14,18)(H,16,17). The lowest BCUT2D eigenvalue weighted by Gasteiger charge is -2.19. The third-order valence-corrected chi connectivity index (χ3v) is 4.04. The van der Waals surface area contributed by atoms with Crippen molar-refractivity contribution in [2.24, 2.45) is 0 Å². The van der Waals surface area contributed by atoms with Gasteiger partial charge in [0.15, 0.2) is 6.10 Å². The summed E-state index contributed by atoms with van der Waals surface area (Å²) in [5, 5.41) is 13.6. The van der Waals surface area contributed by atoms with E-state index in [2.05, 4.69) is 5.32 Å². The first-order valence-corrected chi connectivity index (χ1v) is 7.34. The number of nitrogens with one attached hydrogen (secondary N) is 1. The fraction of sp³-hybridized carbons (Fsp3) is 0.538. The van der Waals surface area contributed by atoms with Crippen LogP contribution in [0, 0.1) is 0 Å². The van der Waals surface area contributed by atoms with Crippen LogP contribution in [0.3, 0.4) is 0 Å². The van der Waals surface area contributed by atoms with Gasteiger partial charge in [-0.05, 0) is 24.3 Å². The lowest BCUT2D eigenvalue weighted by Crippen LogP contribution is -2.40. The zero-order chi connectivity index (χ0) is 14.5. The van der Waals surface area contributed by atoms with Gasteiger partial charge >= 0.3 is 12.0 Å². The lowest BCUT2D eigenvalue weighted by atomic mass is 10.2. The van der Waals surface area contributed by atoms with Crippen molar-refractivity contribution in [1.29, 1.82) is 0 Å². The first-order valence-electron chi connectivity index (χ1n) is 6.46. The Morgan fingerprint density at radius 3 is 2.95 bits per heavy atom. The highest BCUT2D eigenvalue weighted by Gasteiger charge is 2.30. The molecule has 2 amide bonds. The smallest absolute Gasteiger partial charge is 0.332 e. The van der Waals surface area contributed by atoms with Crippen molar-refractivity contribution in [2.75, 3.05) is 13.6 Å². The van der Waals surface area contributed by atoms with Gasteiger partial charge in [-0.1, -0.05) is 6.07 Å². The Hall–Kier alpha value is -1.60. The Kier molecular flexibility index (Phi) is 4.97. The van der Waals surface area contributed by atoms with Gasteiger partial charge in [-0.15, -0.1) is 11.3 Å². The Labute approximate surface area is 121 Å². The number of carbonyl (C=O) groups is 2. The maximum atomic E-state index is 11.9. The quantitative estimate of drug-likeness (QED) is 0.864. The summed E-state index contributed by atoms with van der Waals surface area (Å²) in [7, 11) is 1.73. The first kappa shape index (κ1) is 14.8. The number of urea groups is 1. The third kappa shape index (κ3) is 3.94. The van der Waals surface area contributed by atoms with E-state index in [1.165, 1.54) is 0 Å². The van der Waals surface area contributed by atoms with Crippen LogP contribution >= 0.6 is 11.3 Å². The average Bonchev–Trinajstić information content (AvgIpc) is 3.06. The molecule has 1 aliphatic heterocycles. The largest absolute Gasteiger partial charge is 0.479 e. The molecule has 1 aromatic heterocycles. The summed E-state index contributed by atoms with van der Waals surface area (Å²) in [4.78, 5) is 25.3. The monoisotopic (exact) mass is 298 g/mol. The Morgan fingerprint density at radius 2 is 2.35 bits per heavy atom. The molecule has 2 rings (SSSR count). The summed E-state index contributed by atoms with van der Waals surface area (Å²) in [5.74, 6) is -0.936. The number of carboxylic acid groups (broad SMARTS) is 1. The molecule has 20 heavy (non-hydrogen) atoms. The molecule has 7 heteroatoms. The molecule has 2 unspecified atom stereocenters. The molecule has 0 aromatic carbocycles. The Morgan fingerprint density at radius 1 is 1.55 bits per heavy atom. The summed E-state index contributed by atoms with van der Waals surface area (Å²) < 4.78 is 5.33. The second kappa shape index (κ2) is 6.71. The molecule has 1 aromatic rings. The minimum atomic E-state index is -0.936. The Bertz CT molecular complexity index is 463. The number of thiophene rings is 1. The van der Waals surface area contributed by atoms with Crippen molar-refractivity contribution >= 4 is 23.3 Å². The fourth-order valence-corrected chi connectivity index (χ4v) is 2.84. The number of carbonyl (C=O) groups excluding carboxylic acids is 1. The summed E-state index contributed by atoms with van der Waals surface area (Å²) in [6.07, 6.45) is 0.211. The fourth-order valence-electron chi connectivity index (χ4n) is 2.08. The maximum Gasteiger partial charge on any atom is 0.332 e. The third-order valence-electron chi connectivity index (χ3n) is 3.18. The van der Waals surface area contributed by atoms with Crippen LogP contribution in [-0.2, 0) is 16.1 Å². The van der Waals surface area contributed by atoms with Gasteiger partial charge in [0.05, 0.1) is 12.6 Å². The summed E-state index contributed by atoms with van der Waals surface area (Å²) in [6, 6.07) is 3.75. The average molecular weight is 298 g/mol. The zero-order valence-electron chi connectivity index (χ0n) is 11.2. The van der Waals surface area contributed by atoms with E-state index in [1.54, 1.807) is 23.3 Å². The van der Waals surface area contributed by atoms with E-state index in [0.717, 1.165) is 4.88 Å². The normalized spacial score (nSPS) is 21.6. The molecular formula is C13H18N2O4S. The predicted molar refractivity (Wildman–Crippen MR) is 74.7 cm³/mol. The second-order valence-electron chi connectivity index (χ2n) is 4.78. The van der Waals surface area contributed by atoms with Crippen LogP contribution in [0.5, 0.6) is 0 Å². The molecule has 0 aliphatic carbocycles. The minimum Gasteiger partial charge on any atom is -0.479 e. The molecule has 0 bridgehead atoms. The van der Waals surface area contributed by atoms with E-state index in [1.807, 2.05) is 17.5 Å². The number of carboxylic acids is 1. The number of aliphatic carboxylic acids is 1. The van der Waals surface area contributed by atoms with Crippen LogP contribution < -0.4 is 5.32 Å². The Balaban J connectivity index is 1.71. The van der Waals surface area contributed by atoms with Crippen LogP contribution in [0.15, 0.2) is 17.5 Å². The van der Waals surface area contributed by atoms with E-state index in [0.29, 0.717) is 25.9 Å². The number of ether oxygens (including phenoxy) is 1. The van der Waals surface area contributed by atoms with Gasteiger partial charge in [-0.25, -0.2) is 9.59 Å². The SMILES string of the molecule is CN(Cc1cccs1)C(=O)NCC1CCC(C(=O)O)O1. The molecule has 1 saturated heterocycles. The molecular weight excluding hydrogens is 280 g/mol. The van der Waals surface area contributed by atoms with Gasteiger partial charge in [-0.3, -0.25) is 0 Å². The summed E-state index contributed by atoms with van der Waals surface area (Å²) in [5.41, 5.74) is 0. The van der Waals surface area contributed by atoms with E-state index in [9.17, 15) is 9.59 Å². The van der Waals surface area contributed by atoms with E-state index < -0.39 is 12.1 Å². The van der Waals surface area contributed by atoms with Crippen molar-refractivity contribution in [3.63, 3.8) is 0 Å². The predicted octanol–water partition coefficient (Wildman–Crippen LogP) is 1.52. The number of nitrogens with zero attached hydrogens (tertiary/aromatic N) is 1. The molecule has 2 N–H and O–H groups in total. The molecule has 2 atom stereocenters. The maximum absolute atomic E-state index is 11.9. The highest BCUT2D eigenvalue weighted by atomic mass is 32.1. The van der Waals surface area contributed by atoms with Crippen LogP contribution in [-0.4, -0.2) is 47.8 Å². The molecule has 110 valence electrons. The molecule has 0 saturated carbocycles. The lowest BCUT2D eigenvalue weighted by molar-refractivity contribution is -0.149. The highest BCUT2D eigenvalue weighted by molar-refractivity contribution is 7.09. The molecule has 2 heterocycles. The van der Waals surface area contributed by atoms with Crippen LogP contribution in [0.2, 0.25) is 0 Å². The summed E-state index contributed by atoms with van der Waals surface area (Å²) in [6.45, 7) is 0.907. The van der Waals surface area contributed by atoms with Crippen molar-refractivity contribution in [3.05, 3.63) is 22.4 Å². The number of amides is 2. The van der Waals surface area contributed by atoms with Gasteiger partial charge in [0.1, 0.15) is 0 Å². The molecule has 0 spiro atoms. The van der Waals surface area contributed by atoms with Crippen molar-refractivity contribution in [3.8, 4) is 0 Å². The zero-order valence-corrected chi connectivity index (χ0v) is 12.1. The molecule has 0 radical (unpaired) electrons. The second-order valence-corrected chi connectivity index (χ2v) is 5.82. The number of hydrogen-bond donors (Lipinski definition) is 2. The van der Waals surface area contributed by atoms with Crippen molar-refractivity contribution in [1.82, 2.24) is 10.2 Å². The van der Waals surface area contributed by atoms with Crippen molar-refractivity contribution < 1.29 is 19.4 Å².